The number of aromatic nitrogens is 2. The number of hydrogen-bond donors (Lipinski definition) is 2. The van der Waals surface area contributed by atoms with Crippen molar-refractivity contribution in [2.75, 3.05) is 145 Å². The number of rotatable bonds is 7. The van der Waals surface area contributed by atoms with Crippen LogP contribution >= 0.6 is 0 Å². The zero-order chi connectivity index (χ0) is 60.3. The SMILES string of the molecule is O=S(=O)(O)C(F)(F)F.O=S(=O)(O)C(F)(F)F.[Fe].c1cc(CN2CCC[C@H]2[C@@H]2CCCN2Cc2ccc(-c3ccc4c(c3)OCCOCCOCCOCCOCCO4)cn2)ncc1-c1ccc2c(c1)OCCOCCOCCOCCOCCO2. The standard InChI is InChI=1S/C52H70N4O12.2CHF3O3S.Fe/c1-3-47(55(13-1)39-45-9-5-43(37-53-45)41-7-11-49-51(35-41)67-33-29-63-25-21-59-17-15-57-19-23-61-27-31-65-49)48-4-2-14-56(48)40-46-10-6-44(38-54-46)42-8-12-50-52(36-42)68-34-30-64-26-22-60-18-16-58-20-24-62-28-32-66-50;2*2-1(3,4)8(5,6)7;/h5-12,35-38,47-48H,1-4,13-34,39-40H2;2*(H,5,6,7);/t47-,48-;;;/m0.../s1. The second kappa shape index (κ2) is 36.7. The molecule has 2 fully saturated rings. The van der Waals surface area contributed by atoms with Gasteiger partial charge in [-0.2, -0.15) is 43.2 Å². The molecule has 4 aromatic rings. The van der Waals surface area contributed by atoms with Crippen LogP contribution in [0, 0.1) is 0 Å². The Morgan fingerprint density at radius 3 is 0.929 bits per heavy atom. The summed E-state index contributed by atoms with van der Waals surface area (Å²) in [6, 6.07) is 21.6. The van der Waals surface area contributed by atoms with Crippen molar-refractivity contribution in [3.8, 4) is 45.3 Å². The van der Waals surface area contributed by atoms with Crippen molar-refractivity contribution in [3.05, 3.63) is 84.4 Å². The molecule has 4 aliphatic rings. The largest absolute Gasteiger partial charge is 0.522 e. The van der Waals surface area contributed by atoms with E-state index in [1.165, 1.54) is 25.7 Å². The molecule has 0 saturated carbocycles. The zero-order valence-corrected chi connectivity index (χ0v) is 49.3. The summed E-state index contributed by atoms with van der Waals surface area (Å²) in [4.78, 5) is 15.3. The number of likely N-dealkylation sites (tertiary alicyclic amines) is 2. The maximum atomic E-state index is 10.7. The van der Waals surface area contributed by atoms with Gasteiger partial charge in [0.05, 0.1) is 117 Å². The maximum Gasteiger partial charge on any atom is 0.522 e. The van der Waals surface area contributed by atoms with Crippen LogP contribution in [0.3, 0.4) is 0 Å². The molecule has 0 aliphatic carbocycles. The Balaban J connectivity index is 0.000000681. The number of pyridine rings is 2. The van der Waals surface area contributed by atoms with Crippen molar-refractivity contribution in [3.63, 3.8) is 0 Å². The molecule has 2 aromatic heterocycles. The van der Waals surface area contributed by atoms with Gasteiger partial charge in [0.15, 0.2) is 23.0 Å². The Morgan fingerprint density at radius 1 is 0.412 bits per heavy atom. The molecule has 22 nitrogen and oxygen atoms in total. The average molecular weight is 1300 g/mol. The minimum Gasteiger partial charge on any atom is -0.487 e. The molecule has 0 spiro atoms. The summed E-state index contributed by atoms with van der Waals surface area (Å²) in [5.41, 5.74) is -4.87. The number of alkyl halides is 6. The van der Waals surface area contributed by atoms with Gasteiger partial charge in [-0.05, 0) is 86.3 Å². The molecule has 8 rings (SSSR count). The third kappa shape index (κ3) is 25.2. The second-order valence-electron chi connectivity index (χ2n) is 18.9. The molecule has 6 heterocycles. The summed E-state index contributed by atoms with van der Waals surface area (Å²) in [5.74, 6) is 2.65. The summed E-state index contributed by atoms with van der Waals surface area (Å²) in [7, 11) is -11.7. The van der Waals surface area contributed by atoms with E-state index in [1.807, 2.05) is 36.7 Å². The molecule has 2 saturated heterocycles. The van der Waals surface area contributed by atoms with Crippen molar-refractivity contribution in [2.24, 2.45) is 0 Å². The Hall–Kier alpha value is -4.54. The number of benzene rings is 2. The van der Waals surface area contributed by atoms with Crippen molar-refractivity contribution < 1.29 is 126 Å². The average Bonchev–Trinajstić information content (AvgIpc) is 4.09. The minimum atomic E-state index is -5.84. The summed E-state index contributed by atoms with van der Waals surface area (Å²) in [5, 5.41) is 0. The van der Waals surface area contributed by atoms with E-state index in [0.717, 1.165) is 59.8 Å². The quantitative estimate of drug-likeness (QED) is 0.0826. The van der Waals surface area contributed by atoms with Gasteiger partial charge < -0.3 is 56.8 Å². The van der Waals surface area contributed by atoms with Crippen LogP contribution in [0.4, 0.5) is 26.3 Å². The third-order valence-electron chi connectivity index (χ3n) is 13.0. The van der Waals surface area contributed by atoms with Gasteiger partial charge in [0.2, 0.25) is 0 Å². The van der Waals surface area contributed by atoms with Gasteiger partial charge in [0.25, 0.3) is 0 Å². The topological polar surface area (TPSA) is 252 Å². The van der Waals surface area contributed by atoms with E-state index in [4.69, 9.17) is 92.8 Å². The van der Waals surface area contributed by atoms with Crippen LogP contribution in [0.1, 0.15) is 37.1 Å². The number of halogens is 6. The first-order valence-electron chi connectivity index (χ1n) is 27.1. The molecule has 31 heteroatoms. The number of nitrogens with zero attached hydrogens (tertiary/aromatic N) is 4. The fourth-order valence-electron chi connectivity index (χ4n) is 8.97. The fourth-order valence-corrected chi connectivity index (χ4v) is 8.97. The Morgan fingerprint density at radius 2 is 0.671 bits per heavy atom. The van der Waals surface area contributed by atoms with Crippen molar-refractivity contribution in [1.29, 1.82) is 0 Å². The number of ether oxygens (including phenoxy) is 12. The Bertz CT molecular complexity index is 2600. The van der Waals surface area contributed by atoms with E-state index in [-0.39, 0.29) is 17.1 Å². The smallest absolute Gasteiger partial charge is 0.487 e. The molecule has 478 valence electrons. The maximum absolute atomic E-state index is 10.7. The Kier molecular flexibility index (Phi) is 30.7. The predicted molar refractivity (Wildman–Crippen MR) is 290 cm³/mol. The van der Waals surface area contributed by atoms with E-state index >= 15 is 0 Å². The fraction of sp³-hybridized carbons (Fsp3) is 0.593. The van der Waals surface area contributed by atoms with Gasteiger partial charge in [-0.3, -0.25) is 28.9 Å². The van der Waals surface area contributed by atoms with Crippen molar-refractivity contribution in [2.45, 2.75) is 61.9 Å². The molecule has 0 bridgehead atoms. The van der Waals surface area contributed by atoms with Crippen LogP contribution in [0.15, 0.2) is 73.1 Å². The van der Waals surface area contributed by atoms with Gasteiger partial charge in [-0.1, -0.05) is 24.3 Å². The first-order valence-corrected chi connectivity index (χ1v) is 30.0. The molecule has 0 radical (unpaired) electrons. The molecule has 85 heavy (non-hydrogen) atoms. The first-order chi connectivity index (χ1) is 40.3. The minimum absolute atomic E-state index is 0. The van der Waals surface area contributed by atoms with Gasteiger partial charge in [0, 0.05) is 65.8 Å². The van der Waals surface area contributed by atoms with E-state index in [0.29, 0.717) is 167 Å². The van der Waals surface area contributed by atoms with E-state index in [2.05, 4.69) is 46.2 Å². The van der Waals surface area contributed by atoms with Crippen LogP contribution < -0.4 is 18.9 Å². The summed E-state index contributed by atoms with van der Waals surface area (Å²) >= 11 is 0. The van der Waals surface area contributed by atoms with Crippen LogP contribution in [0.5, 0.6) is 23.0 Å². The van der Waals surface area contributed by atoms with Gasteiger partial charge in [-0.25, -0.2) is 0 Å². The molecular weight excluding hydrogens is 1230 g/mol. The summed E-state index contributed by atoms with van der Waals surface area (Å²) in [6.07, 6.45) is 8.71. The molecular formula is C54H72F6FeN4O18S2. The monoisotopic (exact) mass is 1300 g/mol. The van der Waals surface area contributed by atoms with Crippen molar-refractivity contribution in [1.82, 2.24) is 19.8 Å². The van der Waals surface area contributed by atoms with Crippen LogP contribution in [-0.2, 0) is 88.3 Å². The van der Waals surface area contributed by atoms with E-state index < -0.39 is 31.3 Å². The van der Waals surface area contributed by atoms with Crippen molar-refractivity contribution >= 4 is 20.2 Å². The molecule has 4 aliphatic heterocycles. The van der Waals surface area contributed by atoms with Crippen LogP contribution in [-0.4, -0.2) is 214 Å². The molecule has 2 aromatic carbocycles. The molecule has 0 amide bonds. The number of hydrogen-bond acceptors (Lipinski definition) is 20. The second-order valence-corrected chi connectivity index (χ2v) is 21.7. The number of fused-ring (bicyclic) bond motifs is 2. The summed E-state index contributed by atoms with van der Waals surface area (Å²) < 4.78 is 185. The van der Waals surface area contributed by atoms with Gasteiger partial charge in [-0.15, -0.1) is 0 Å². The zero-order valence-electron chi connectivity index (χ0n) is 46.5. The predicted octanol–water partition coefficient (Wildman–Crippen LogP) is 6.90. The van der Waals surface area contributed by atoms with E-state index in [1.54, 1.807) is 0 Å². The van der Waals surface area contributed by atoms with Crippen LogP contribution in [0.25, 0.3) is 22.3 Å². The third-order valence-corrected chi connectivity index (χ3v) is 14.1. The molecule has 2 N–H and O–H groups in total. The normalized spacial score (nSPS) is 20.5. The summed E-state index contributed by atoms with van der Waals surface area (Å²) in [6.45, 7) is 13.3. The van der Waals surface area contributed by atoms with Crippen LogP contribution in [0.2, 0.25) is 0 Å². The molecule has 2 atom stereocenters. The van der Waals surface area contributed by atoms with Gasteiger partial charge in [0.1, 0.15) is 26.4 Å². The first kappa shape index (κ1) is 71.2. The van der Waals surface area contributed by atoms with E-state index in [9.17, 15) is 26.3 Å². The Labute approximate surface area is 500 Å². The van der Waals surface area contributed by atoms with Gasteiger partial charge >= 0.3 is 31.3 Å². The molecule has 0 unspecified atom stereocenters.